The highest BCUT2D eigenvalue weighted by molar-refractivity contribution is 6.34. The van der Waals surface area contributed by atoms with E-state index in [-0.39, 0.29) is 5.91 Å². The Morgan fingerprint density at radius 1 is 1.03 bits per heavy atom. The van der Waals surface area contributed by atoms with Crippen LogP contribution in [0.4, 0.5) is 5.69 Å². The molecule has 0 radical (unpaired) electrons. The SMILES string of the molecule is CCc1cccc(N2CCN(CCCCCNC(=O)c3cc4ccccc4o3)CC2)c1Cl. The lowest BCUT2D eigenvalue weighted by atomic mass is 10.1. The zero-order valence-corrected chi connectivity index (χ0v) is 19.5. The number of unbranched alkanes of at least 4 members (excludes halogenated alkanes) is 2. The van der Waals surface area contributed by atoms with Crippen LogP contribution < -0.4 is 10.2 Å². The highest BCUT2D eigenvalue weighted by atomic mass is 35.5. The molecule has 1 aliphatic heterocycles. The van der Waals surface area contributed by atoms with Crippen LogP contribution in [0.15, 0.2) is 52.9 Å². The molecule has 5 nitrogen and oxygen atoms in total. The number of piperazine rings is 1. The molecule has 2 heterocycles. The lowest BCUT2D eigenvalue weighted by molar-refractivity contribution is 0.0927. The van der Waals surface area contributed by atoms with Crippen molar-refractivity contribution in [3.63, 3.8) is 0 Å². The molecule has 0 aliphatic carbocycles. The van der Waals surface area contributed by atoms with Crippen LogP contribution in [0, 0.1) is 0 Å². The summed E-state index contributed by atoms with van der Waals surface area (Å²) in [5.41, 5.74) is 3.14. The van der Waals surface area contributed by atoms with Gasteiger partial charge in [-0.2, -0.15) is 0 Å². The number of fused-ring (bicyclic) bond motifs is 1. The van der Waals surface area contributed by atoms with Crippen molar-refractivity contribution in [3.05, 3.63) is 64.9 Å². The van der Waals surface area contributed by atoms with Crippen molar-refractivity contribution in [1.82, 2.24) is 10.2 Å². The summed E-state index contributed by atoms with van der Waals surface area (Å²) < 4.78 is 5.62. The summed E-state index contributed by atoms with van der Waals surface area (Å²) >= 11 is 6.60. The first-order valence-electron chi connectivity index (χ1n) is 11.7. The molecule has 2 aromatic carbocycles. The number of para-hydroxylation sites is 1. The first-order chi connectivity index (χ1) is 15.7. The van der Waals surface area contributed by atoms with Gasteiger partial charge < -0.3 is 14.6 Å². The van der Waals surface area contributed by atoms with Crippen molar-refractivity contribution in [1.29, 1.82) is 0 Å². The summed E-state index contributed by atoms with van der Waals surface area (Å²) in [6, 6.07) is 15.8. The fourth-order valence-corrected chi connectivity index (χ4v) is 4.70. The average molecular weight is 454 g/mol. The number of hydrogen-bond acceptors (Lipinski definition) is 4. The number of amides is 1. The molecule has 1 amide bonds. The first kappa shape index (κ1) is 22.7. The molecule has 0 spiro atoms. The Morgan fingerprint density at radius 2 is 1.84 bits per heavy atom. The van der Waals surface area contributed by atoms with Gasteiger partial charge in [0.2, 0.25) is 0 Å². The molecule has 1 aliphatic rings. The van der Waals surface area contributed by atoms with Crippen molar-refractivity contribution < 1.29 is 9.21 Å². The van der Waals surface area contributed by atoms with E-state index in [0.29, 0.717) is 12.3 Å². The number of furan rings is 1. The summed E-state index contributed by atoms with van der Waals surface area (Å²) in [6.07, 6.45) is 4.19. The largest absolute Gasteiger partial charge is 0.451 e. The van der Waals surface area contributed by atoms with Crippen molar-refractivity contribution in [2.75, 3.05) is 44.2 Å². The van der Waals surface area contributed by atoms with Gasteiger partial charge in [0.1, 0.15) is 5.58 Å². The normalized spacial score (nSPS) is 14.8. The van der Waals surface area contributed by atoms with Gasteiger partial charge in [-0.25, -0.2) is 0 Å². The molecule has 170 valence electrons. The highest BCUT2D eigenvalue weighted by Crippen LogP contribution is 2.30. The van der Waals surface area contributed by atoms with Gasteiger partial charge in [-0.05, 0) is 49.6 Å². The molecule has 1 N–H and O–H groups in total. The second-order valence-corrected chi connectivity index (χ2v) is 8.78. The van der Waals surface area contributed by atoms with E-state index in [1.807, 2.05) is 24.3 Å². The number of hydrogen-bond donors (Lipinski definition) is 1. The molecule has 6 heteroatoms. The maximum Gasteiger partial charge on any atom is 0.287 e. The minimum absolute atomic E-state index is 0.136. The number of halogens is 1. The summed E-state index contributed by atoms with van der Waals surface area (Å²) in [4.78, 5) is 17.2. The fourth-order valence-electron chi connectivity index (χ4n) is 4.32. The lowest BCUT2D eigenvalue weighted by Gasteiger charge is -2.36. The smallest absolute Gasteiger partial charge is 0.287 e. The molecule has 4 rings (SSSR count). The molecule has 0 unspecified atom stereocenters. The van der Waals surface area contributed by atoms with Crippen molar-refractivity contribution in [3.8, 4) is 0 Å². The summed E-state index contributed by atoms with van der Waals surface area (Å²) in [5.74, 6) is 0.247. The molecule has 1 saturated heterocycles. The van der Waals surface area contributed by atoms with Crippen LogP contribution in [0.3, 0.4) is 0 Å². The number of benzene rings is 2. The number of rotatable bonds is 9. The van der Waals surface area contributed by atoms with Gasteiger partial charge in [0.15, 0.2) is 5.76 Å². The standard InChI is InChI=1S/C26H32ClN3O2/c1-2-20-10-8-11-22(25(20)27)30-17-15-29(16-18-30)14-7-3-6-13-28-26(31)24-19-21-9-4-5-12-23(21)32-24/h4-5,8-12,19H,2-3,6-7,13-18H2,1H3,(H,28,31). The lowest BCUT2D eigenvalue weighted by Crippen LogP contribution is -2.46. The van der Waals surface area contributed by atoms with E-state index in [1.165, 1.54) is 11.3 Å². The Hall–Kier alpha value is -2.50. The Labute approximate surface area is 195 Å². The van der Waals surface area contributed by atoms with Crippen molar-refractivity contribution in [2.45, 2.75) is 32.6 Å². The Kier molecular flexibility index (Phi) is 7.72. The summed E-state index contributed by atoms with van der Waals surface area (Å²) in [7, 11) is 0. The predicted molar refractivity (Wildman–Crippen MR) is 132 cm³/mol. The van der Waals surface area contributed by atoms with E-state index in [0.717, 1.165) is 74.4 Å². The molecule has 0 atom stereocenters. The summed E-state index contributed by atoms with van der Waals surface area (Å²) in [5, 5.41) is 4.84. The molecular formula is C26H32ClN3O2. The van der Waals surface area contributed by atoms with E-state index in [4.69, 9.17) is 16.0 Å². The van der Waals surface area contributed by atoms with Gasteiger partial charge >= 0.3 is 0 Å². The molecular weight excluding hydrogens is 422 g/mol. The topological polar surface area (TPSA) is 48.7 Å². The van der Waals surface area contributed by atoms with Crippen LogP contribution in [0.1, 0.15) is 42.3 Å². The third kappa shape index (κ3) is 5.45. The number of carbonyl (C=O) groups is 1. The van der Waals surface area contributed by atoms with E-state index < -0.39 is 0 Å². The van der Waals surface area contributed by atoms with Crippen LogP contribution in [0.5, 0.6) is 0 Å². The van der Waals surface area contributed by atoms with E-state index in [1.54, 1.807) is 6.07 Å². The number of nitrogens with one attached hydrogen (secondary N) is 1. The maximum atomic E-state index is 12.3. The Morgan fingerprint density at radius 3 is 2.62 bits per heavy atom. The van der Waals surface area contributed by atoms with Crippen molar-refractivity contribution >= 4 is 34.2 Å². The fraction of sp³-hybridized carbons (Fsp3) is 0.423. The quantitative estimate of drug-likeness (QED) is 0.442. The zero-order valence-electron chi connectivity index (χ0n) is 18.8. The summed E-state index contributed by atoms with van der Waals surface area (Å²) in [6.45, 7) is 8.09. The maximum absolute atomic E-state index is 12.3. The van der Waals surface area contributed by atoms with Crippen LogP contribution >= 0.6 is 11.6 Å². The highest BCUT2D eigenvalue weighted by Gasteiger charge is 2.19. The Bertz CT molecular complexity index is 1010. The minimum atomic E-state index is -0.136. The number of nitrogens with zero attached hydrogens (tertiary/aromatic N) is 2. The molecule has 32 heavy (non-hydrogen) atoms. The second kappa shape index (κ2) is 10.9. The molecule has 0 bridgehead atoms. The van der Waals surface area contributed by atoms with Gasteiger partial charge in [-0.15, -0.1) is 0 Å². The molecule has 3 aromatic rings. The average Bonchev–Trinajstić information content (AvgIpc) is 3.26. The van der Waals surface area contributed by atoms with Crippen LogP contribution in [-0.4, -0.2) is 50.1 Å². The minimum Gasteiger partial charge on any atom is -0.451 e. The predicted octanol–water partition coefficient (Wildman–Crippen LogP) is 5.37. The van der Waals surface area contributed by atoms with Crippen LogP contribution in [0.2, 0.25) is 5.02 Å². The van der Waals surface area contributed by atoms with E-state index in [2.05, 4.69) is 40.2 Å². The van der Waals surface area contributed by atoms with Gasteiger partial charge in [-0.1, -0.05) is 55.3 Å². The number of carbonyl (C=O) groups excluding carboxylic acids is 1. The molecule has 1 fully saturated rings. The van der Waals surface area contributed by atoms with Gasteiger partial charge in [-0.3, -0.25) is 9.69 Å². The van der Waals surface area contributed by atoms with E-state index in [9.17, 15) is 4.79 Å². The third-order valence-corrected chi connectivity index (χ3v) is 6.67. The van der Waals surface area contributed by atoms with Crippen LogP contribution in [0.25, 0.3) is 11.0 Å². The Balaban J connectivity index is 1.12. The third-order valence-electron chi connectivity index (χ3n) is 6.24. The zero-order chi connectivity index (χ0) is 22.3. The number of aryl methyl sites for hydroxylation is 1. The van der Waals surface area contributed by atoms with Crippen molar-refractivity contribution in [2.24, 2.45) is 0 Å². The van der Waals surface area contributed by atoms with Gasteiger partial charge in [0.05, 0.1) is 10.7 Å². The number of anilines is 1. The van der Waals surface area contributed by atoms with Gasteiger partial charge in [0.25, 0.3) is 5.91 Å². The van der Waals surface area contributed by atoms with Gasteiger partial charge in [0, 0.05) is 38.1 Å². The monoisotopic (exact) mass is 453 g/mol. The molecule has 1 aromatic heterocycles. The first-order valence-corrected chi connectivity index (χ1v) is 12.0. The molecule has 0 saturated carbocycles. The van der Waals surface area contributed by atoms with E-state index >= 15 is 0 Å². The van der Waals surface area contributed by atoms with Crippen LogP contribution in [-0.2, 0) is 6.42 Å². The second-order valence-electron chi connectivity index (χ2n) is 8.40.